The second kappa shape index (κ2) is 4.58. The number of aromatic nitrogens is 2. The molecule has 0 aliphatic heterocycles. The molecule has 0 fully saturated rings. The van der Waals surface area contributed by atoms with Crippen LogP contribution in [-0.2, 0) is 6.54 Å². The molecule has 0 bridgehead atoms. The van der Waals surface area contributed by atoms with Crippen LogP contribution in [-0.4, -0.2) is 23.1 Å². The lowest BCUT2D eigenvalue weighted by atomic mass is 10.4. The SMILES string of the molecule is NCCNCc1cc(=O)[nH]c(=O)[nH]1. The lowest BCUT2D eigenvalue weighted by Gasteiger charge is -2.01. The second-order valence-corrected chi connectivity index (χ2v) is 2.58. The third-order valence-electron chi connectivity index (χ3n) is 1.45. The minimum Gasteiger partial charge on any atom is -0.329 e. The molecule has 0 saturated carbocycles. The Hall–Kier alpha value is -1.40. The molecular formula is C7H12N4O2. The van der Waals surface area contributed by atoms with Gasteiger partial charge < -0.3 is 16.0 Å². The summed E-state index contributed by atoms with van der Waals surface area (Å²) in [7, 11) is 0. The van der Waals surface area contributed by atoms with E-state index in [-0.39, 0.29) is 0 Å². The van der Waals surface area contributed by atoms with Gasteiger partial charge >= 0.3 is 5.69 Å². The molecule has 0 aromatic carbocycles. The summed E-state index contributed by atoms with van der Waals surface area (Å²) < 4.78 is 0. The van der Waals surface area contributed by atoms with Crippen LogP contribution in [0.3, 0.4) is 0 Å². The quantitative estimate of drug-likeness (QED) is 0.411. The number of hydrogen-bond acceptors (Lipinski definition) is 4. The molecule has 5 N–H and O–H groups in total. The predicted octanol–water partition coefficient (Wildman–Crippen LogP) is -1.89. The molecule has 0 aliphatic rings. The van der Waals surface area contributed by atoms with E-state index in [4.69, 9.17) is 5.73 Å². The van der Waals surface area contributed by atoms with Gasteiger partial charge in [-0.1, -0.05) is 0 Å². The van der Waals surface area contributed by atoms with Crippen molar-refractivity contribution in [1.29, 1.82) is 0 Å². The van der Waals surface area contributed by atoms with Gasteiger partial charge in [0.05, 0.1) is 0 Å². The standard InChI is InChI=1S/C7H12N4O2/c8-1-2-9-4-5-3-6(12)11-7(13)10-5/h3,9H,1-2,4,8H2,(H2,10,11,12,13). The average molecular weight is 184 g/mol. The summed E-state index contributed by atoms with van der Waals surface area (Å²) in [5.74, 6) is 0. The minimum atomic E-state index is -0.489. The van der Waals surface area contributed by atoms with E-state index < -0.39 is 11.2 Å². The van der Waals surface area contributed by atoms with E-state index in [1.807, 2.05) is 0 Å². The molecule has 0 amide bonds. The summed E-state index contributed by atoms with van der Waals surface area (Å²) in [6, 6.07) is 1.34. The molecular weight excluding hydrogens is 172 g/mol. The first-order valence-corrected chi connectivity index (χ1v) is 3.95. The van der Waals surface area contributed by atoms with Gasteiger partial charge in [0.15, 0.2) is 0 Å². The highest BCUT2D eigenvalue weighted by Crippen LogP contribution is 1.82. The third kappa shape index (κ3) is 3.22. The Labute approximate surface area is 74.2 Å². The summed E-state index contributed by atoms with van der Waals surface area (Å²) in [5.41, 5.74) is 4.92. The molecule has 72 valence electrons. The Morgan fingerprint density at radius 1 is 1.38 bits per heavy atom. The van der Waals surface area contributed by atoms with E-state index in [1.165, 1.54) is 6.07 Å². The van der Waals surface area contributed by atoms with Crippen LogP contribution in [0.25, 0.3) is 0 Å². The minimum absolute atomic E-state index is 0.395. The molecule has 0 radical (unpaired) electrons. The smallest absolute Gasteiger partial charge is 0.325 e. The molecule has 1 heterocycles. The van der Waals surface area contributed by atoms with Crippen molar-refractivity contribution < 1.29 is 0 Å². The van der Waals surface area contributed by atoms with E-state index in [0.717, 1.165) is 0 Å². The van der Waals surface area contributed by atoms with Crippen molar-refractivity contribution >= 4 is 0 Å². The molecule has 0 spiro atoms. The van der Waals surface area contributed by atoms with E-state index in [9.17, 15) is 9.59 Å². The van der Waals surface area contributed by atoms with Gasteiger partial charge in [0.2, 0.25) is 0 Å². The monoisotopic (exact) mass is 184 g/mol. The highest BCUT2D eigenvalue weighted by Gasteiger charge is 1.94. The molecule has 0 unspecified atom stereocenters. The maximum Gasteiger partial charge on any atom is 0.325 e. The lowest BCUT2D eigenvalue weighted by molar-refractivity contribution is 0.676. The van der Waals surface area contributed by atoms with Crippen LogP contribution in [0.5, 0.6) is 0 Å². The van der Waals surface area contributed by atoms with Crippen molar-refractivity contribution in [2.75, 3.05) is 13.1 Å². The lowest BCUT2D eigenvalue weighted by Crippen LogP contribution is -2.27. The Balaban J connectivity index is 2.67. The normalized spacial score (nSPS) is 10.2. The first-order valence-electron chi connectivity index (χ1n) is 3.95. The molecule has 1 rings (SSSR count). The van der Waals surface area contributed by atoms with Crippen molar-refractivity contribution in [3.05, 3.63) is 32.6 Å². The number of H-pyrrole nitrogens is 2. The highest BCUT2D eigenvalue weighted by atomic mass is 16.2. The molecule has 0 aliphatic carbocycles. The molecule has 1 aromatic heterocycles. The van der Waals surface area contributed by atoms with Gasteiger partial charge in [0.25, 0.3) is 5.56 Å². The summed E-state index contributed by atoms with van der Waals surface area (Å²) in [6.07, 6.45) is 0. The van der Waals surface area contributed by atoms with Crippen LogP contribution in [0.2, 0.25) is 0 Å². The average Bonchev–Trinajstić information content (AvgIpc) is 2.03. The van der Waals surface area contributed by atoms with E-state index in [2.05, 4.69) is 15.3 Å². The van der Waals surface area contributed by atoms with Crippen LogP contribution >= 0.6 is 0 Å². The predicted molar refractivity (Wildman–Crippen MR) is 48.4 cm³/mol. The molecule has 0 atom stereocenters. The maximum atomic E-state index is 10.8. The topological polar surface area (TPSA) is 104 Å². The fourth-order valence-electron chi connectivity index (χ4n) is 0.940. The van der Waals surface area contributed by atoms with E-state index >= 15 is 0 Å². The number of aromatic amines is 2. The number of rotatable bonds is 4. The maximum absolute atomic E-state index is 10.8. The molecule has 0 saturated heterocycles. The first kappa shape index (κ1) is 9.69. The van der Waals surface area contributed by atoms with Crippen LogP contribution in [0, 0.1) is 0 Å². The van der Waals surface area contributed by atoms with Crippen molar-refractivity contribution in [3.63, 3.8) is 0 Å². The van der Waals surface area contributed by atoms with Gasteiger partial charge in [-0.05, 0) is 0 Å². The molecule has 6 heteroatoms. The second-order valence-electron chi connectivity index (χ2n) is 2.58. The fraction of sp³-hybridized carbons (Fsp3) is 0.429. The zero-order valence-electron chi connectivity index (χ0n) is 7.09. The van der Waals surface area contributed by atoms with Crippen molar-refractivity contribution in [2.24, 2.45) is 5.73 Å². The number of nitrogens with two attached hydrogens (primary N) is 1. The Morgan fingerprint density at radius 3 is 2.77 bits per heavy atom. The van der Waals surface area contributed by atoms with Gasteiger partial charge in [-0.25, -0.2) is 4.79 Å². The summed E-state index contributed by atoms with van der Waals surface area (Å²) in [6.45, 7) is 1.61. The van der Waals surface area contributed by atoms with Crippen LogP contribution < -0.4 is 22.3 Å². The zero-order valence-corrected chi connectivity index (χ0v) is 7.09. The van der Waals surface area contributed by atoms with Gasteiger partial charge in [-0.15, -0.1) is 0 Å². The molecule has 1 aromatic rings. The van der Waals surface area contributed by atoms with Crippen molar-refractivity contribution in [3.8, 4) is 0 Å². The Morgan fingerprint density at radius 2 is 2.15 bits per heavy atom. The van der Waals surface area contributed by atoms with Gasteiger partial charge in [-0.3, -0.25) is 9.78 Å². The Kier molecular flexibility index (Phi) is 3.41. The summed E-state index contributed by atoms with van der Waals surface area (Å²) in [5, 5.41) is 2.96. The summed E-state index contributed by atoms with van der Waals surface area (Å²) >= 11 is 0. The number of nitrogens with one attached hydrogen (secondary N) is 3. The van der Waals surface area contributed by atoms with E-state index in [0.29, 0.717) is 25.3 Å². The number of hydrogen-bond donors (Lipinski definition) is 4. The van der Waals surface area contributed by atoms with Gasteiger partial charge in [0.1, 0.15) is 0 Å². The van der Waals surface area contributed by atoms with Gasteiger partial charge in [-0.2, -0.15) is 0 Å². The van der Waals surface area contributed by atoms with Crippen LogP contribution in [0.15, 0.2) is 15.7 Å². The van der Waals surface area contributed by atoms with Crippen LogP contribution in [0.1, 0.15) is 5.69 Å². The van der Waals surface area contributed by atoms with E-state index in [1.54, 1.807) is 0 Å². The molecule has 13 heavy (non-hydrogen) atoms. The van der Waals surface area contributed by atoms with Crippen LogP contribution in [0.4, 0.5) is 0 Å². The fourth-order valence-corrected chi connectivity index (χ4v) is 0.940. The third-order valence-corrected chi connectivity index (χ3v) is 1.45. The molecule has 6 nitrogen and oxygen atoms in total. The Bertz CT molecular complexity index is 339. The highest BCUT2D eigenvalue weighted by molar-refractivity contribution is 4.97. The first-order chi connectivity index (χ1) is 6.22. The largest absolute Gasteiger partial charge is 0.329 e. The zero-order chi connectivity index (χ0) is 9.68. The van der Waals surface area contributed by atoms with Gasteiger partial charge in [0, 0.05) is 31.4 Å². The summed E-state index contributed by atoms with van der Waals surface area (Å²) in [4.78, 5) is 26.2. The van der Waals surface area contributed by atoms with Crippen molar-refractivity contribution in [1.82, 2.24) is 15.3 Å². The van der Waals surface area contributed by atoms with Crippen molar-refractivity contribution in [2.45, 2.75) is 6.54 Å².